The maximum Gasteiger partial charge on any atom is 0.310 e. The lowest BCUT2D eigenvalue weighted by Crippen LogP contribution is -2.52. The number of hydrogen-bond donors (Lipinski definition) is 0. The molecular formula is C35H37N3O3S. The summed E-state index contributed by atoms with van der Waals surface area (Å²) in [5.41, 5.74) is 5.12. The van der Waals surface area contributed by atoms with E-state index in [0.29, 0.717) is 19.7 Å². The summed E-state index contributed by atoms with van der Waals surface area (Å²) in [4.78, 5) is 26.8. The van der Waals surface area contributed by atoms with E-state index in [-0.39, 0.29) is 22.8 Å². The van der Waals surface area contributed by atoms with E-state index in [2.05, 4.69) is 107 Å². The van der Waals surface area contributed by atoms with Crippen molar-refractivity contribution in [2.45, 2.75) is 44.0 Å². The number of likely N-dealkylation sites (tertiary alicyclic amines) is 1. The number of hydrogen-bond acceptors (Lipinski definition) is 6. The van der Waals surface area contributed by atoms with Crippen molar-refractivity contribution in [3.8, 4) is 0 Å². The third kappa shape index (κ3) is 6.58. The van der Waals surface area contributed by atoms with Crippen LogP contribution in [0.4, 0.5) is 0 Å². The van der Waals surface area contributed by atoms with Gasteiger partial charge >= 0.3 is 5.97 Å². The highest BCUT2D eigenvalue weighted by atomic mass is 32.2. The molecule has 1 unspecified atom stereocenters. The molecule has 216 valence electrons. The molecule has 1 fully saturated rings. The van der Waals surface area contributed by atoms with Crippen LogP contribution < -0.4 is 0 Å². The zero-order chi connectivity index (χ0) is 29.4. The van der Waals surface area contributed by atoms with Gasteiger partial charge in [-0.05, 0) is 35.6 Å². The number of thioether (sulfide) groups is 1. The number of benzene rings is 3. The van der Waals surface area contributed by atoms with E-state index in [0.717, 1.165) is 18.5 Å². The zero-order valence-corrected chi connectivity index (χ0v) is 25.0. The highest BCUT2D eigenvalue weighted by Crippen LogP contribution is 2.45. The Morgan fingerprint density at radius 2 is 1.52 bits per heavy atom. The van der Waals surface area contributed by atoms with Gasteiger partial charge in [0.1, 0.15) is 0 Å². The van der Waals surface area contributed by atoms with E-state index in [1.54, 1.807) is 20.0 Å². The molecule has 0 aliphatic carbocycles. The lowest BCUT2D eigenvalue weighted by atomic mass is 9.74. The number of esters is 1. The number of carbonyl (C=O) groups excluding carboxylic acids is 2. The average Bonchev–Trinajstić information content (AvgIpc) is 3.46. The van der Waals surface area contributed by atoms with Crippen LogP contribution in [-0.2, 0) is 32.8 Å². The minimum absolute atomic E-state index is 0.0911. The van der Waals surface area contributed by atoms with Crippen molar-refractivity contribution in [3.63, 3.8) is 0 Å². The molecule has 1 aliphatic heterocycles. The summed E-state index contributed by atoms with van der Waals surface area (Å²) in [5, 5.41) is 4.70. The number of rotatable bonds is 10. The molecule has 6 nitrogen and oxygen atoms in total. The molecule has 42 heavy (non-hydrogen) atoms. The second-order valence-corrected chi connectivity index (χ2v) is 11.8. The number of piperidine rings is 1. The van der Waals surface area contributed by atoms with Crippen LogP contribution in [-0.4, -0.2) is 50.7 Å². The van der Waals surface area contributed by atoms with Crippen molar-refractivity contribution < 1.29 is 14.3 Å². The molecule has 0 saturated carbocycles. The van der Waals surface area contributed by atoms with Gasteiger partial charge < -0.3 is 4.74 Å². The van der Waals surface area contributed by atoms with Crippen LogP contribution in [0.1, 0.15) is 42.5 Å². The highest BCUT2D eigenvalue weighted by molar-refractivity contribution is 8.14. The first kappa shape index (κ1) is 29.5. The van der Waals surface area contributed by atoms with E-state index in [1.165, 1.54) is 34.0 Å². The quantitative estimate of drug-likeness (QED) is 0.126. The number of carbonyl (C=O) groups is 2. The minimum atomic E-state index is -0.521. The van der Waals surface area contributed by atoms with Crippen LogP contribution in [0.25, 0.3) is 0 Å². The van der Waals surface area contributed by atoms with Gasteiger partial charge in [-0.2, -0.15) is 5.10 Å². The third-order valence-electron chi connectivity index (χ3n) is 7.69. The first-order chi connectivity index (χ1) is 20.5. The molecule has 3 aromatic carbocycles. The van der Waals surface area contributed by atoms with Gasteiger partial charge in [0.25, 0.3) is 0 Å². The Morgan fingerprint density at radius 1 is 0.952 bits per heavy atom. The largest absolute Gasteiger partial charge is 0.466 e. The SMILES string of the molecule is CCOC(=O)Cc1cnn(C/C=C2/CN(C(c3ccccc3)(c3ccccc3)c3ccccc3)CCC2SC(C)=O)c1. The van der Waals surface area contributed by atoms with Gasteiger partial charge in [0.2, 0.25) is 0 Å². The first-order valence-electron chi connectivity index (χ1n) is 14.5. The molecule has 0 amide bonds. The van der Waals surface area contributed by atoms with Gasteiger partial charge in [-0.15, -0.1) is 0 Å². The van der Waals surface area contributed by atoms with Gasteiger partial charge in [0, 0.05) is 37.0 Å². The van der Waals surface area contributed by atoms with Crippen molar-refractivity contribution in [2.24, 2.45) is 0 Å². The fourth-order valence-corrected chi connectivity index (χ4v) is 6.90. The summed E-state index contributed by atoms with van der Waals surface area (Å²) in [5.74, 6) is -0.254. The summed E-state index contributed by atoms with van der Waals surface area (Å²) in [6, 6.07) is 32.1. The van der Waals surface area contributed by atoms with E-state index in [9.17, 15) is 9.59 Å². The van der Waals surface area contributed by atoms with E-state index >= 15 is 0 Å². The number of nitrogens with zero attached hydrogens (tertiary/aromatic N) is 3. The number of aromatic nitrogens is 2. The summed E-state index contributed by atoms with van der Waals surface area (Å²) in [6.07, 6.45) is 6.87. The van der Waals surface area contributed by atoms with Crippen molar-refractivity contribution >= 4 is 22.8 Å². The summed E-state index contributed by atoms with van der Waals surface area (Å²) < 4.78 is 6.93. The topological polar surface area (TPSA) is 64.4 Å². The van der Waals surface area contributed by atoms with Gasteiger partial charge in [-0.3, -0.25) is 19.2 Å². The molecule has 0 N–H and O–H groups in total. The first-order valence-corrected chi connectivity index (χ1v) is 15.3. The summed E-state index contributed by atoms with van der Waals surface area (Å²) in [7, 11) is 0. The molecule has 7 heteroatoms. The van der Waals surface area contributed by atoms with Gasteiger partial charge in [0.15, 0.2) is 5.12 Å². The fraction of sp³-hybridized carbons (Fsp3) is 0.286. The Kier molecular flexibility index (Phi) is 9.72. The lowest BCUT2D eigenvalue weighted by molar-refractivity contribution is -0.142. The predicted molar refractivity (Wildman–Crippen MR) is 168 cm³/mol. The molecule has 2 heterocycles. The molecule has 1 aliphatic rings. The van der Waals surface area contributed by atoms with Crippen LogP contribution in [0.5, 0.6) is 0 Å². The smallest absolute Gasteiger partial charge is 0.310 e. The van der Waals surface area contributed by atoms with Gasteiger partial charge in [-0.25, -0.2) is 0 Å². The molecule has 1 atom stereocenters. The Hall–Kier alpha value is -3.94. The average molecular weight is 580 g/mol. The Morgan fingerprint density at radius 3 is 2.05 bits per heavy atom. The van der Waals surface area contributed by atoms with E-state index < -0.39 is 5.54 Å². The molecule has 0 bridgehead atoms. The van der Waals surface area contributed by atoms with Gasteiger partial charge in [0.05, 0.1) is 31.3 Å². The van der Waals surface area contributed by atoms with Crippen LogP contribution >= 0.6 is 11.8 Å². The van der Waals surface area contributed by atoms with Crippen molar-refractivity contribution in [2.75, 3.05) is 19.7 Å². The van der Waals surface area contributed by atoms with E-state index in [1.807, 2.05) is 10.9 Å². The van der Waals surface area contributed by atoms with Crippen LogP contribution in [0.15, 0.2) is 115 Å². The van der Waals surface area contributed by atoms with Crippen molar-refractivity contribution in [1.29, 1.82) is 0 Å². The molecule has 0 spiro atoms. The lowest BCUT2D eigenvalue weighted by Gasteiger charge is -2.49. The fourth-order valence-electron chi connectivity index (χ4n) is 5.95. The van der Waals surface area contributed by atoms with Crippen LogP contribution in [0, 0.1) is 0 Å². The van der Waals surface area contributed by atoms with Crippen molar-refractivity contribution in [3.05, 3.63) is 137 Å². The number of ether oxygens (including phenoxy) is 1. The molecule has 4 aromatic rings. The second-order valence-electron chi connectivity index (χ2n) is 10.4. The van der Waals surface area contributed by atoms with Crippen LogP contribution in [0.3, 0.4) is 0 Å². The Labute approximate surface area is 252 Å². The molecule has 1 aromatic heterocycles. The van der Waals surface area contributed by atoms with Gasteiger partial charge in [-0.1, -0.05) is 109 Å². The van der Waals surface area contributed by atoms with Crippen molar-refractivity contribution in [1.82, 2.24) is 14.7 Å². The monoisotopic (exact) mass is 579 g/mol. The molecular weight excluding hydrogens is 542 g/mol. The highest BCUT2D eigenvalue weighted by Gasteiger charge is 2.44. The predicted octanol–water partition coefficient (Wildman–Crippen LogP) is 6.26. The minimum Gasteiger partial charge on any atom is -0.466 e. The zero-order valence-electron chi connectivity index (χ0n) is 24.2. The maximum atomic E-state index is 12.3. The Balaban J connectivity index is 1.54. The summed E-state index contributed by atoms with van der Waals surface area (Å²) >= 11 is 1.41. The Bertz CT molecular complexity index is 1410. The molecule has 1 saturated heterocycles. The van der Waals surface area contributed by atoms with Crippen LogP contribution in [0.2, 0.25) is 0 Å². The van der Waals surface area contributed by atoms with E-state index in [4.69, 9.17) is 4.74 Å². The second kappa shape index (κ2) is 13.8. The molecule has 0 radical (unpaired) electrons. The standard InChI is InChI=1S/C35H37N3O3S/c1-3-41-34(40)23-28-24-36-38(25-28)22-19-29-26-37(21-20-33(29)42-27(2)39)35(30-13-7-4-8-14-30,31-15-9-5-10-16-31)32-17-11-6-12-18-32/h4-19,24-25,33H,3,20-23,26H2,1-2H3/b29-19-. The summed E-state index contributed by atoms with van der Waals surface area (Å²) in [6.45, 7) is 5.88. The maximum absolute atomic E-state index is 12.3. The molecule has 5 rings (SSSR count). The number of allylic oxidation sites excluding steroid dienone is 1. The normalized spacial score (nSPS) is 16.8. The third-order valence-corrected chi connectivity index (χ3v) is 8.84.